The molecular formula is C35H42N2O2. The van der Waals surface area contributed by atoms with E-state index in [1.807, 2.05) is 11.0 Å². The van der Waals surface area contributed by atoms with Gasteiger partial charge in [-0.25, -0.2) is 0 Å². The molecule has 0 bridgehead atoms. The van der Waals surface area contributed by atoms with Crippen LogP contribution in [-0.4, -0.2) is 17.6 Å². The first-order valence-corrected chi connectivity index (χ1v) is 14.5. The molecule has 3 aromatic rings. The summed E-state index contributed by atoms with van der Waals surface area (Å²) in [6.45, 7) is 10.4. The van der Waals surface area contributed by atoms with Crippen LogP contribution in [0.1, 0.15) is 94.5 Å². The Balaban J connectivity index is 1.62. The zero-order chi connectivity index (χ0) is 27.7. The van der Waals surface area contributed by atoms with Crippen LogP contribution in [0.25, 0.3) is 11.1 Å². The molecule has 1 atom stereocenters. The second-order valence-electron chi connectivity index (χ2n) is 11.8. The predicted molar refractivity (Wildman–Crippen MR) is 163 cm³/mol. The lowest BCUT2D eigenvalue weighted by molar-refractivity contribution is -0.117. The minimum atomic E-state index is -0.221. The average molecular weight is 523 g/mol. The summed E-state index contributed by atoms with van der Waals surface area (Å²) in [6.07, 6.45) is 7.35. The molecule has 204 valence electrons. The molecular weight excluding hydrogens is 480 g/mol. The van der Waals surface area contributed by atoms with E-state index in [1.54, 1.807) is 6.92 Å². The third-order valence-electron chi connectivity index (χ3n) is 8.30. The number of carbonyl (C=O) groups is 1. The Labute approximate surface area is 233 Å². The van der Waals surface area contributed by atoms with Crippen molar-refractivity contribution in [1.82, 2.24) is 0 Å². The first kappa shape index (κ1) is 27.1. The first-order valence-electron chi connectivity index (χ1n) is 14.5. The Morgan fingerprint density at radius 3 is 2.41 bits per heavy atom. The van der Waals surface area contributed by atoms with Gasteiger partial charge in [0.05, 0.1) is 6.10 Å². The number of hydrogen-bond acceptors (Lipinski definition) is 3. The highest BCUT2D eigenvalue weighted by molar-refractivity contribution is 6.01. The van der Waals surface area contributed by atoms with Gasteiger partial charge in [0, 0.05) is 23.8 Å². The lowest BCUT2D eigenvalue weighted by Gasteiger charge is -2.31. The Hall–Kier alpha value is -3.53. The maximum atomic E-state index is 12.5. The third kappa shape index (κ3) is 5.34. The maximum absolute atomic E-state index is 12.5. The van der Waals surface area contributed by atoms with Crippen molar-refractivity contribution in [3.05, 3.63) is 88.5 Å². The van der Waals surface area contributed by atoms with E-state index in [2.05, 4.69) is 82.3 Å². The highest BCUT2D eigenvalue weighted by Crippen LogP contribution is 2.44. The van der Waals surface area contributed by atoms with Gasteiger partial charge in [0.2, 0.25) is 5.91 Å². The van der Waals surface area contributed by atoms with Crippen molar-refractivity contribution in [3.8, 4) is 5.75 Å². The number of nitrogens with two attached hydrogens (primary N) is 1. The number of benzene rings is 3. The molecule has 0 spiro atoms. The van der Waals surface area contributed by atoms with Crippen LogP contribution in [0.2, 0.25) is 0 Å². The fourth-order valence-electron chi connectivity index (χ4n) is 6.59. The van der Waals surface area contributed by atoms with Gasteiger partial charge in [0.15, 0.2) is 0 Å². The molecule has 2 aliphatic rings. The van der Waals surface area contributed by atoms with Gasteiger partial charge in [-0.3, -0.25) is 4.79 Å². The summed E-state index contributed by atoms with van der Waals surface area (Å²) in [5, 5.41) is 0. The second kappa shape index (κ2) is 10.9. The molecule has 0 aromatic heterocycles. The van der Waals surface area contributed by atoms with Crippen molar-refractivity contribution in [3.63, 3.8) is 0 Å². The van der Waals surface area contributed by atoms with Crippen LogP contribution in [0.5, 0.6) is 5.75 Å². The molecule has 1 unspecified atom stereocenters. The molecule has 1 aliphatic heterocycles. The number of aryl methyl sites for hydroxylation is 1. The highest BCUT2D eigenvalue weighted by Gasteiger charge is 2.38. The van der Waals surface area contributed by atoms with Crippen molar-refractivity contribution < 1.29 is 9.53 Å². The predicted octanol–water partition coefficient (Wildman–Crippen LogP) is 8.21. The van der Waals surface area contributed by atoms with E-state index in [9.17, 15) is 4.79 Å². The fourth-order valence-corrected chi connectivity index (χ4v) is 6.59. The van der Waals surface area contributed by atoms with E-state index in [0.29, 0.717) is 0 Å². The van der Waals surface area contributed by atoms with Gasteiger partial charge in [-0.05, 0) is 128 Å². The number of fused-ring (bicyclic) bond motifs is 2. The molecule has 39 heavy (non-hydrogen) atoms. The molecule has 3 aromatic carbocycles. The molecule has 0 saturated heterocycles. The van der Waals surface area contributed by atoms with Gasteiger partial charge in [-0.15, -0.1) is 0 Å². The summed E-state index contributed by atoms with van der Waals surface area (Å²) >= 11 is 0. The van der Waals surface area contributed by atoms with Gasteiger partial charge in [0.25, 0.3) is 0 Å². The largest absolute Gasteiger partial charge is 0.490 e. The van der Waals surface area contributed by atoms with E-state index in [-0.39, 0.29) is 17.6 Å². The standard InChI is InChI=1S/C35H42N2O2/c1-6-9-29(7-2)39-30-16-12-24(13-17-30)34-31(11-8-10-25-21-28(36)15-18-32(25)34)26-14-19-33-27(20-26)22-35(4,5)37(33)23(3)38/h12-21,29H,6-11,22,36H2,1-5H3. The van der Waals surface area contributed by atoms with Gasteiger partial charge >= 0.3 is 0 Å². The van der Waals surface area contributed by atoms with E-state index in [0.717, 1.165) is 62.1 Å². The molecule has 1 aliphatic carbocycles. The molecule has 1 heterocycles. The van der Waals surface area contributed by atoms with Crippen LogP contribution < -0.4 is 15.4 Å². The maximum Gasteiger partial charge on any atom is 0.224 e. The summed E-state index contributed by atoms with van der Waals surface area (Å²) in [4.78, 5) is 14.5. The molecule has 1 amide bonds. The molecule has 0 radical (unpaired) electrons. The first-order chi connectivity index (χ1) is 18.7. The average Bonchev–Trinajstić information content (AvgIpc) is 3.04. The van der Waals surface area contributed by atoms with Gasteiger partial charge < -0.3 is 15.4 Å². The summed E-state index contributed by atoms with van der Waals surface area (Å²) < 4.78 is 6.30. The van der Waals surface area contributed by atoms with Crippen LogP contribution >= 0.6 is 0 Å². The van der Waals surface area contributed by atoms with Crippen LogP contribution in [-0.2, 0) is 17.6 Å². The van der Waals surface area contributed by atoms with Crippen LogP contribution in [0.15, 0.2) is 60.7 Å². The molecule has 2 N–H and O–H groups in total. The van der Waals surface area contributed by atoms with Crippen LogP contribution in [0.4, 0.5) is 11.4 Å². The van der Waals surface area contributed by atoms with Crippen molar-refractivity contribution in [2.24, 2.45) is 0 Å². The van der Waals surface area contributed by atoms with Crippen molar-refractivity contribution in [1.29, 1.82) is 0 Å². The number of allylic oxidation sites excluding steroid dienone is 1. The molecule has 0 fully saturated rings. The Bertz CT molecular complexity index is 1400. The number of amides is 1. The van der Waals surface area contributed by atoms with E-state index in [1.165, 1.54) is 39.0 Å². The number of nitrogen functional groups attached to an aromatic ring is 1. The fraction of sp³-hybridized carbons (Fsp3) is 0.400. The van der Waals surface area contributed by atoms with Gasteiger partial charge in [-0.1, -0.05) is 44.5 Å². The zero-order valence-electron chi connectivity index (χ0n) is 24.1. The lowest BCUT2D eigenvalue weighted by Crippen LogP contribution is -2.44. The lowest BCUT2D eigenvalue weighted by atomic mass is 9.87. The number of rotatable bonds is 7. The molecule has 0 saturated carbocycles. The van der Waals surface area contributed by atoms with Crippen molar-refractivity contribution in [2.75, 3.05) is 10.6 Å². The third-order valence-corrected chi connectivity index (χ3v) is 8.30. The Kier molecular flexibility index (Phi) is 7.57. The highest BCUT2D eigenvalue weighted by atomic mass is 16.5. The van der Waals surface area contributed by atoms with Crippen LogP contribution in [0.3, 0.4) is 0 Å². The summed E-state index contributed by atoms with van der Waals surface area (Å²) in [5.74, 6) is 1.02. The minimum absolute atomic E-state index is 0.0962. The minimum Gasteiger partial charge on any atom is -0.490 e. The summed E-state index contributed by atoms with van der Waals surface area (Å²) in [7, 11) is 0. The summed E-state index contributed by atoms with van der Waals surface area (Å²) in [5.41, 5.74) is 16.7. The number of anilines is 2. The quantitative estimate of drug-likeness (QED) is 0.318. The van der Waals surface area contributed by atoms with Crippen LogP contribution in [0, 0.1) is 0 Å². The molecule has 5 rings (SSSR count). The number of carbonyl (C=O) groups excluding carboxylic acids is 1. The second-order valence-corrected chi connectivity index (χ2v) is 11.8. The van der Waals surface area contributed by atoms with Gasteiger partial charge in [0.1, 0.15) is 5.75 Å². The molecule has 4 heteroatoms. The molecule has 4 nitrogen and oxygen atoms in total. The smallest absolute Gasteiger partial charge is 0.224 e. The number of nitrogens with zero attached hydrogens (tertiary/aromatic N) is 1. The monoisotopic (exact) mass is 522 g/mol. The van der Waals surface area contributed by atoms with Crippen molar-refractivity contribution in [2.45, 2.75) is 91.2 Å². The zero-order valence-corrected chi connectivity index (χ0v) is 24.1. The normalized spacial score (nSPS) is 16.9. The number of ether oxygens (including phenoxy) is 1. The summed E-state index contributed by atoms with van der Waals surface area (Å²) in [6, 6.07) is 21.7. The van der Waals surface area contributed by atoms with E-state index in [4.69, 9.17) is 10.5 Å². The van der Waals surface area contributed by atoms with E-state index < -0.39 is 0 Å². The van der Waals surface area contributed by atoms with Crippen molar-refractivity contribution >= 4 is 28.4 Å². The van der Waals surface area contributed by atoms with E-state index >= 15 is 0 Å². The number of hydrogen-bond donors (Lipinski definition) is 1. The Morgan fingerprint density at radius 2 is 1.72 bits per heavy atom. The SMILES string of the molecule is CCCC(CC)Oc1ccc(C2=C(c3ccc4c(c3)CC(C)(C)N4C(C)=O)CCCc3cc(N)ccc32)cc1. The Morgan fingerprint density at radius 1 is 0.974 bits per heavy atom. The van der Waals surface area contributed by atoms with Gasteiger partial charge in [-0.2, -0.15) is 0 Å². The topological polar surface area (TPSA) is 55.6 Å².